The SMILES string of the molecule is CCc1cccnc1CN1C(=O)C(C)NC(=O)C1CC. The van der Waals surface area contributed by atoms with E-state index in [-0.39, 0.29) is 11.8 Å². The predicted molar refractivity (Wildman–Crippen MR) is 75.8 cm³/mol. The second kappa shape index (κ2) is 6.03. The van der Waals surface area contributed by atoms with Gasteiger partial charge in [0.15, 0.2) is 0 Å². The van der Waals surface area contributed by atoms with Gasteiger partial charge in [-0.3, -0.25) is 14.6 Å². The van der Waals surface area contributed by atoms with E-state index in [1.165, 1.54) is 0 Å². The van der Waals surface area contributed by atoms with Crippen molar-refractivity contribution in [3.8, 4) is 0 Å². The third-order valence-corrected chi connectivity index (χ3v) is 3.76. The second-order valence-electron chi connectivity index (χ2n) is 5.08. The molecule has 5 nitrogen and oxygen atoms in total. The first kappa shape index (κ1) is 14.5. The molecule has 1 saturated heterocycles. The molecule has 1 aliphatic heterocycles. The van der Waals surface area contributed by atoms with Gasteiger partial charge in [-0.1, -0.05) is 19.9 Å². The fraction of sp³-hybridized carbons (Fsp3) is 0.533. The van der Waals surface area contributed by atoms with Crippen LogP contribution in [0.25, 0.3) is 0 Å². The molecule has 2 rings (SSSR count). The van der Waals surface area contributed by atoms with Gasteiger partial charge in [0.25, 0.3) is 0 Å². The van der Waals surface area contributed by atoms with Crippen molar-refractivity contribution in [2.75, 3.05) is 0 Å². The van der Waals surface area contributed by atoms with Crippen molar-refractivity contribution in [1.29, 1.82) is 0 Å². The van der Waals surface area contributed by atoms with Crippen LogP contribution in [0.2, 0.25) is 0 Å². The third kappa shape index (κ3) is 2.66. The van der Waals surface area contributed by atoms with Crippen LogP contribution < -0.4 is 5.32 Å². The quantitative estimate of drug-likeness (QED) is 0.900. The molecule has 0 spiro atoms. The normalized spacial score (nSPS) is 22.9. The standard InChI is InChI=1S/C15H21N3O2/c1-4-11-7-6-8-16-12(11)9-18-13(5-2)14(19)17-10(3)15(18)20/h6-8,10,13H,4-5,9H2,1-3H3,(H,17,19). The summed E-state index contributed by atoms with van der Waals surface area (Å²) in [6.45, 7) is 6.10. The van der Waals surface area contributed by atoms with Crippen molar-refractivity contribution in [3.05, 3.63) is 29.6 Å². The Hall–Kier alpha value is -1.91. The molecule has 2 unspecified atom stereocenters. The number of pyridine rings is 1. The lowest BCUT2D eigenvalue weighted by Gasteiger charge is -2.37. The first-order valence-corrected chi connectivity index (χ1v) is 7.12. The van der Waals surface area contributed by atoms with Gasteiger partial charge in [-0.15, -0.1) is 0 Å². The molecule has 0 radical (unpaired) electrons. The van der Waals surface area contributed by atoms with E-state index in [9.17, 15) is 9.59 Å². The predicted octanol–water partition coefficient (Wildman–Crippen LogP) is 1.27. The summed E-state index contributed by atoms with van der Waals surface area (Å²) >= 11 is 0. The Bertz CT molecular complexity index is 516. The molecule has 20 heavy (non-hydrogen) atoms. The molecule has 1 aliphatic rings. The molecule has 0 aromatic carbocycles. The van der Waals surface area contributed by atoms with Crippen LogP contribution in [-0.2, 0) is 22.6 Å². The van der Waals surface area contributed by atoms with Crippen LogP contribution in [0.1, 0.15) is 38.4 Å². The van der Waals surface area contributed by atoms with E-state index in [0.717, 1.165) is 17.7 Å². The van der Waals surface area contributed by atoms with Crippen molar-refractivity contribution in [1.82, 2.24) is 15.2 Å². The van der Waals surface area contributed by atoms with Crippen LogP contribution in [0.15, 0.2) is 18.3 Å². The van der Waals surface area contributed by atoms with Gasteiger partial charge in [0.1, 0.15) is 12.1 Å². The van der Waals surface area contributed by atoms with E-state index >= 15 is 0 Å². The number of rotatable bonds is 4. The molecular weight excluding hydrogens is 254 g/mol. The van der Waals surface area contributed by atoms with Crippen molar-refractivity contribution < 1.29 is 9.59 Å². The van der Waals surface area contributed by atoms with E-state index in [0.29, 0.717) is 13.0 Å². The first-order valence-electron chi connectivity index (χ1n) is 7.12. The average Bonchev–Trinajstić information content (AvgIpc) is 2.45. The van der Waals surface area contributed by atoms with E-state index in [1.807, 2.05) is 19.1 Å². The molecule has 0 bridgehead atoms. The molecule has 1 aromatic rings. The number of aromatic nitrogens is 1. The highest BCUT2D eigenvalue weighted by Gasteiger charge is 2.37. The summed E-state index contributed by atoms with van der Waals surface area (Å²) in [5.74, 6) is -0.113. The summed E-state index contributed by atoms with van der Waals surface area (Å²) in [6.07, 6.45) is 3.20. The smallest absolute Gasteiger partial charge is 0.245 e. The number of nitrogens with zero attached hydrogens (tertiary/aromatic N) is 2. The zero-order valence-electron chi connectivity index (χ0n) is 12.2. The van der Waals surface area contributed by atoms with Crippen LogP contribution in [0.4, 0.5) is 0 Å². The van der Waals surface area contributed by atoms with Crippen molar-refractivity contribution in [3.63, 3.8) is 0 Å². The molecule has 1 N–H and O–H groups in total. The van der Waals surface area contributed by atoms with Crippen LogP contribution in [-0.4, -0.2) is 33.8 Å². The molecule has 108 valence electrons. The topological polar surface area (TPSA) is 62.3 Å². The van der Waals surface area contributed by atoms with E-state index < -0.39 is 12.1 Å². The van der Waals surface area contributed by atoms with Gasteiger partial charge in [-0.25, -0.2) is 0 Å². The summed E-state index contributed by atoms with van der Waals surface area (Å²) < 4.78 is 0. The summed E-state index contributed by atoms with van der Waals surface area (Å²) in [6, 6.07) is 3.05. The number of piperazine rings is 1. The molecule has 1 fully saturated rings. The fourth-order valence-electron chi connectivity index (χ4n) is 2.61. The minimum absolute atomic E-state index is 0.0378. The highest BCUT2D eigenvalue weighted by atomic mass is 16.2. The van der Waals surface area contributed by atoms with E-state index in [2.05, 4.69) is 17.2 Å². The molecular formula is C15H21N3O2. The zero-order chi connectivity index (χ0) is 14.7. The number of hydrogen-bond donors (Lipinski definition) is 1. The van der Waals surface area contributed by atoms with Crippen LogP contribution in [0.3, 0.4) is 0 Å². The van der Waals surface area contributed by atoms with Gasteiger partial charge >= 0.3 is 0 Å². The Balaban J connectivity index is 2.28. The van der Waals surface area contributed by atoms with Gasteiger partial charge in [-0.05, 0) is 31.4 Å². The largest absolute Gasteiger partial charge is 0.343 e. The molecule has 2 atom stereocenters. The molecule has 2 amide bonds. The number of aryl methyl sites for hydroxylation is 1. The van der Waals surface area contributed by atoms with Crippen molar-refractivity contribution in [2.24, 2.45) is 0 Å². The van der Waals surface area contributed by atoms with Crippen LogP contribution >= 0.6 is 0 Å². The third-order valence-electron chi connectivity index (χ3n) is 3.76. The molecule has 2 heterocycles. The Morgan fingerprint density at radius 2 is 2.10 bits per heavy atom. The summed E-state index contributed by atoms with van der Waals surface area (Å²) in [7, 11) is 0. The maximum absolute atomic E-state index is 12.3. The summed E-state index contributed by atoms with van der Waals surface area (Å²) in [4.78, 5) is 30.4. The van der Waals surface area contributed by atoms with Crippen molar-refractivity contribution >= 4 is 11.8 Å². The van der Waals surface area contributed by atoms with Crippen molar-refractivity contribution in [2.45, 2.75) is 52.2 Å². The lowest BCUT2D eigenvalue weighted by molar-refractivity contribution is -0.149. The zero-order valence-corrected chi connectivity index (χ0v) is 12.2. The monoisotopic (exact) mass is 275 g/mol. The average molecular weight is 275 g/mol. The highest BCUT2D eigenvalue weighted by molar-refractivity contribution is 5.96. The molecule has 5 heteroatoms. The Morgan fingerprint density at radius 3 is 2.75 bits per heavy atom. The lowest BCUT2D eigenvalue weighted by Crippen LogP contribution is -2.61. The summed E-state index contributed by atoms with van der Waals surface area (Å²) in [5, 5.41) is 2.72. The molecule has 0 saturated carbocycles. The maximum Gasteiger partial charge on any atom is 0.245 e. The van der Waals surface area contributed by atoms with Gasteiger partial charge < -0.3 is 10.2 Å². The van der Waals surface area contributed by atoms with Crippen LogP contribution in [0.5, 0.6) is 0 Å². The van der Waals surface area contributed by atoms with Gasteiger partial charge in [-0.2, -0.15) is 0 Å². The number of carbonyl (C=O) groups excluding carboxylic acids is 2. The van der Waals surface area contributed by atoms with E-state index in [1.54, 1.807) is 18.0 Å². The number of hydrogen-bond acceptors (Lipinski definition) is 3. The highest BCUT2D eigenvalue weighted by Crippen LogP contribution is 2.18. The van der Waals surface area contributed by atoms with Gasteiger partial charge in [0.2, 0.25) is 11.8 Å². The Morgan fingerprint density at radius 1 is 1.35 bits per heavy atom. The second-order valence-corrected chi connectivity index (χ2v) is 5.08. The Labute approximate surface area is 119 Å². The summed E-state index contributed by atoms with van der Waals surface area (Å²) in [5.41, 5.74) is 2.00. The minimum Gasteiger partial charge on any atom is -0.343 e. The van der Waals surface area contributed by atoms with Gasteiger partial charge in [0.05, 0.1) is 12.2 Å². The first-order chi connectivity index (χ1) is 9.58. The number of nitrogens with one attached hydrogen (secondary N) is 1. The molecule has 0 aliphatic carbocycles. The number of carbonyl (C=O) groups is 2. The number of amides is 2. The van der Waals surface area contributed by atoms with Gasteiger partial charge in [0, 0.05) is 6.20 Å². The molecule has 1 aromatic heterocycles. The van der Waals surface area contributed by atoms with Crippen LogP contribution in [0, 0.1) is 0 Å². The lowest BCUT2D eigenvalue weighted by atomic mass is 10.0. The van der Waals surface area contributed by atoms with E-state index in [4.69, 9.17) is 0 Å². The maximum atomic E-state index is 12.3. The Kier molecular flexibility index (Phi) is 4.37. The minimum atomic E-state index is -0.459. The fourth-order valence-corrected chi connectivity index (χ4v) is 2.61.